The third-order valence-corrected chi connectivity index (χ3v) is 4.46. The number of hydrogen-bond donors (Lipinski definition) is 1. The first-order valence-corrected chi connectivity index (χ1v) is 7.27. The van der Waals surface area contributed by atoms with Crippen LogP contribution in [-0.2, 0) is 0 Å². The standard InChI is InChI=1S/C14H18ClN3O/c15-13-12(4-1-6-16-13)14(19)17-10-5-8-18-7-2-3-11(18)9-10/h1,4,6,10-11H,2-3,5,7-9H2,(H,17,19). The first-order valence-electron chi connectivity index (χ1n) is 6.89. The largest absolute Gasteiger partial charge is 0.349 e. The summed E-state index contributed by atoms with van der Waals surface area (Å²) >= 11 is 5.95. The average molecular weight is 280 g/mol. The molecule has 2 fully saturated rings. The van der Waals surface area contributed by atoms with Gasteiger partial charge in [-0.05, 0) is 44.4 Å². The van der Waals surface area contributed by atoms with E-state index in [0.29, 0.717) is 11.6 Å². The fourth-order valence-electron chi connectivity index (χ4n) is 3.17. The fourth-order valence-corrected chi connectivity index (χ4v) is 3.38. The summed E-state index contributed by atoms with van der Waals surface area (Å²) in [5, 5.41) is 3.37. The Morgan fingerprint density at radius 2 is 2.32 bits per heavy atom. The van der Waals surface area contributed by atoms with Crippen molar-refractivity contribution >= 4 is 17.5 Å². The van der Waals surface area contributed by atoms with Crippen LogP contribution in [0.2, 0.25) is 5.15 Å². The molecule has 2 aliphatic heterocycles. The molecular weight excluding hydrogens is 262 g/mol. The Morgan fingerprint density at radius 3 is 3.16 bits per heavy atom. The van der Waals surface area contributed by atoms with Crippen molar-refractivity contribution < 1.29 is 4.79 Å². The van der Waals surface area contributed by atoms with Gasteiger partial charge in [-0.15, -0.1) is 0 Å². The lowest BCUT2D eigenvalue weighted by molar-refractivity contribution is 0.0896. The molecule has 2 aliphatic rings. The molecule has 0 aromatic carbocycles. The van der Waals surface area contributed by atoms with Gasteiger partial charge in [0.1, 0.15) is 5.15 Å². The Hall–Kier alpha value is -1.13. The number of aromatic nitrogens is 1. The van der Waals surface area contributed by atoms with Gasteiger partial charge in [0.25, 0.3) is 5.91 Å². The number of rotatable bonds is 2. The molecule has 0 spiro atoms. The summed E-state index contributed by atoms with van der Waals surface area (Å²) in [6.07, 6.45) is 6.24. The molecule has 0 bridgehead atoms. The second-order valence-corrected chi connectivity index (χ2v) is 5.73. The van der Waals surface area contributed by atoms with Crippen LogP contribution in [0.5, 0.6) is 0 Å². The van der Waals surface area contributed by atoms with E-state index in [1.165, 1.54) is 19.4 Å². The van der Waals surface area contributed by atoms with Crippen molar-refractivity contribution in [1.29, 1.82) is 0 Å². The van der Waals surface area contributed by atoms with Crippen LogP contribution < -0.4 is 5.32 Å². The van der Waals surface area contributed by atoms with Crippen molar-refractivity contribution in [1.82, 2.24) is 15.2 Å². The van der Waals surface area contributed by atoms with Crippen LogP contribution in [0.4, 0.5) is 0 Å². The van der Waals surface area contributed by atoms with E-state index in [2.05, 4.69) is 15.2 Å². The van der Waals surface area contributed by atoms with E-state index in [1.807, 2.05) is 0 Å². The summed E-state index contributed by atoms with van der Waals surface area (Å²) in [5.74, 6) is -0.102. The molecular formula is C14H18ClN3O. The molecule has 0 aliphatic carbocycles. The topological polar surface area (TPSA) is 45.2 Å². The molecule has 5 heteroatoms. The minimum Gasteiger partial charge on any atom is -0.349 e. The number of pyridine rings is 1. The zero-order valence-corrected chi connectivity index (χ0v) is 11.6. The van der Waals surface area contributed by atoms with Gasteiger partial charge in [-0.1, -0.05) is 11.6 Å². The number of piperidine rings is 1. The molecule has 3 rings (SSSR count). The van der Waals surface area contributed by atoms with E-state index in [9.17, 15) is 4.79 Å². The monoisotopic (exact) mass is 279 g/mol. The SMILES string of the molecule is O=C(NC1CCN2CCCC2C1)c1cccnc1Cl. The predicted octanol–water partition coefficient (Wildman–Crippen LogP) is 2.09. The van der Waals surface area contributed by atoms with Crippen LogP contribution in [0, 0.1) is 0 Å². The summed E-state index contributed by atoms with van der Waals surface area (Å²) in [6, 6.07) is 4.38. The van der Waals surface area contributed by atoms with Gasteiger partial charge in [0.15, 0.2) is 0 Å². The van der Waals surface area contributed by atoms with E-state index in [-0.39, 0.29) is 17.1 Å². The molecule has 102 valence electrons. The zero-order chi connectivity index (χ0) is 13.2. The molecule has 3 heterocycles. The first-order chi connectivity index (χ1) is 9.24. The van der Waals surface area contributed by atoms with Crippen molar-refractivity contribution in [2.75, 3.05) is 13.1 Å². The highest BCUT2D eigenvalue weighted by atomic mass is 35.5. The van der Waals surface area contributed by atoms with E-state index in [1.54, 1.807) is 18.3 Å². The van der Waals surface area contributed by atoms with Crippen LogP contribution in [0.3, 0.4) is 0 Å². The van der Waals surface area contributed by atoms with Crippen LogP contribution in [-0.4, -0.2) is 41.0 Å². The number of carbonyl (C=O) groups is 1. The van der Waals surface area contributed by atoms with Crippen LogP contribution in [0.25, 0.3) is 0 Å². The van der Waals surface area contributed by atoms with Crippen LogP contribution in [0.15, 0.2) is 18.3 Å². The van der Waals surface area contributed by atoms with Crippen molar-refractivity contribution in [2.24, 2.45) is 0 Å². The quantitative estimate of drug-likeness (QED) is 0.843. The minimum absolute atomic E-state index is 0.102. The van der Waals surface area contributed by atoms with Gasteiger partial charge >= 0.3 is 0 Å². The highest BCUT2D eigenvalue weighted by Gasteiger charge is 2.32. The molecule has 4 nitrogen and oxygen atoms in total. The van der Waals surface area contributed by atoms with Gasteiger partial charge in [0.2, 0.25) is 0 Å². The molecule has 2 saturated heterocycles. The highest BCUT2D eigenvalue weighted by molar-refractivity contribution is 6.32. The van der Waals surface area contributed by atoms with Gasteiger partial charge in [0.05, 0.1) is 5.56 Å². The summed E-state index contributed by atoms with van der Waals surface area (Å²) in [6.45, 7) is 2.32. The zero-order valence-electron chi connectivity index (χ0n) is 10.8. The third-order valence-electron chi connectivity index (χ3n) is 4.16. The van der Waals surface area contributed by atoms with Crippen molar-refractivity contribution in [3.63, 3.8) is 0 Å². The van der Waals surface area contributed by atoms with Gasteiger partial charge in [-0.25, -0.2) is 4.98 Å². The van der Waals surface area contributed by atoms with Gasteiger partial charge in [-0.3, -0.25) is 4.79 Å². The Labute approximate surface area is 118 Å². The Kier molecular flexibility index (Phi) is 3.71. The predicted molar refractivity (Wildman–Crippen MR) is 74.3 cm³/mol. The average Bonchev–Trinajstić information content (AvgIpc) is 2.86. The molecule has 2 atom stereocenters. The molecule has 2 unspecified atom stereocenters. The van der Waals surface area contributed by atoms with Gasteiger partial charge in [0, 0.05) is 24.8 Å². The molecule has 0 saturated carbocycles. The number of nitrogens with zero attached hydrogens (tertiary/aromatic N) is 2. The number of carbonyl (C=O) groups excluding carboxylic acids is 1. The number of hydrogen-bond acceptors (Lipinski definition) is 3. The van der Waals surface area contributed by atoms with Crippen molar-refractivity contribution in [3.8, 4) is 0 Å². The molecule has 1 aromatic heterocycles. The van der Waals surface area contributed by atoms with Crippen molar-refractivity contribution in [2.45, 2.75) is 37.8 Å². The number of fused-ring (bicyclic) bond motifs is 1. The van der Waals surface area contributed by atoms with Crippen LogP contribution in [0.1, 0.15) is 36.0 Å². The van der Waals surface area contributed by atoms with Gasteiger partial charge < -0.3 is 10.2 Å². The second kappa shape index (κ2) is 5.47. The number of nitrogens with one attached hydrogen (secondary N) is 1. The molecule has 19 heavy (non-hydrogen) atoms. The van der Waals surface area contributed by atoms with Crippen molar-refractivity contribution in [3.05, 3.63) is 29.0 Å². The minimum atomic E-state index is -0.102. The number of amides is 1. The summed E-state index contributed by atoms with van der Waals surface area (Å²) in [7, 11) is 0. The van der Waals surface area contributed by atoms with E-state index < -0.39 is 0 Å². The lowest BCUT2D eigenvalue weighted by atomic mass is 9.97. The molecule has 1 N–H and O–H groups in total. The molecule has 0 radical (unpaired) electrons. The maximum absolute atomic E-state index is 12.2. The lowest BCUT2D eigenvalue weighted by Gasteiger charge is -2.35. The smallest absolute Gasteiger partial charge is 0.254 e. The fraction of sp³-hybridized carbons (Fsp3) is 0.571. The Bertz CT molecular complexity index is 480. The number of halogens is 1. The third kappa shape index (κ3) is 2.74. The van der Waals surface area contributed by atoms with E-state index >= 15 is 0 Å². The highest BCUT2D eigenvalue weighted by Crippen LogP contribution is 2.27. The van der Waals surface area contributed by atoms with E-state index in [0.717, 1.165) is 19.4 Å². The van der Waals surface area contributed by atoms with Crippen LogP contribution >= 0.6 is 11.6 Å². The Balaban J connectivity index is 1.62. The molecule has 1 aromatic rings. The lowest BCUT2D eigenvalue weighted by Crippen LogP contribution is -2.47. The summed E-state index contributed by atoms with van der Waals surface area (Å²) in [4.78, 5) is 18.7. The second-order valence-electron chi connectivity index (χ2n) is 5.37. The maximum Gasteiger partial charge on any atom is 0.254 e. The summed E-state index contributed by atoms with van der Waals surface area (Å²) in [5.41, 5.74) is 0.470. The van der Waals surface area contributed by atoms with E-state index in [4.69, 9.17) is 11.6 Å². The maximum atomic E-state index is 12.2. The van der Waals surface area contributed by atoms with Gasteiger partial charge in [-0.2, -0.15) is 0 Å². The normalized spacial score (nSPS) is 27.0. The summed E-state index contributed by atoms with van der Waals surface area (Å²) < 4.78 is 0. The molecule has 1 amide bonds. The first kappa shape index (κ1) is 12.9. The Morgan fingerprint density at radius 1 is 1.42 bits per heavy atom.